The molecule has 10 heteroatoms. The van der Waals surface area contributed by atoms with Crippen LogP contribution in [0.25, 0.3) is 5.76 Å². The van der Waals surface area contributed by atoms with Crippen LogP contribution in [0, 0.1) is 0 Å². The first-order valence-electron chi connectivity index (χ1n) is 11.3. The molecule has 3 heterocycles. The van der Waals surface area contributed by atoms with Crippen molar-refractivity contribution in [1.82, 2.24) is 9.88 Å². The summed E-state index contributed by atoms with van der Waals surface area (Å²) in [4.78, 5) is 32.4. The van der Waals surface area contributed by atoms with Crippen molar-refractivity contribution in [3.63, 3.8) is 0 Å². The topological polar surface area (TPSA) is 117 Å². The van der Waals surface area contributed by atoms with Gasteiger partial charge in [-0.1, -0.05) is 6.07 Å². The molecular weight excluding hydrogens is 480 g/mol. The molecule has 1 fully saturated rings. The van der Waals surface area contributed by atoms with Gasteiger partial charge in [-0.25, -0.2) is 0 Å². The molecule has 0 saturated carbocycles. The molecule has 1 unspecified atom stereocenters. The first-order chi connectivity index (χ1) is 18.0. The highest BCUT2D eigenvalue weighted by molar-refractivity contribution is 6.46. The van der Waals surface area contributed by atoms with Crippen LogP contribution >= 0.6 is 0 Å². The summed E-state index contributed by atoms with van der Waals surface area (Å²) in [7, 11) is 4.42. The van der Waals surface area contributed by atoms with Crippen LogP contribution in [0.2, 0.25) is 0 Å². The predicted octanol–water partition coefficient (Wildman–Crippen LogP) is 3.46. The van der Waals surface area contributed by atoms with E-state index in [1.54, 1.807) is 54.7 Å². The number of aliphatic hydroxyl groups is 1. The summed E-state index contributed by atoms with van der Waals surface area (Å²) in [6.45, 7) is 0.0874. The van der Waals surface area contributed by atoms with E-state index in [4.69, 9.17) is 23.7 Å². The van der Waals surface area contributed by atoms with Gasteiger partial charge in [-0.15, -0.1) is 0 Å². The van der Waals surface area contributed by atoms with Crippen LogP contribution in [0.1, 0.15) is 22.9 Å². The number of likely N-dealkylation sites (tertiary alicyclic amines) is 1. The van der Waals surface area contributed by atoms with E-state index in [9.17, 15) is 14.7 Å². The van der Waals surface area contributed by atoms with E-state index in [1.165, 1.54) is 26.2 Å². The number of Topliss-reactive ketones (excluding diaryl/α,β-unsaturated/α-hetero) is 1. The van der Waals surface area contributed by atoms with E-state index in [0.29, 0.717) is 45.6 Å². The Hall–Kier alpha value is -4.73. The Labute approximate surface area is 212 Å². The van der Waals surface area contributed by atoms with Crippen LogP contribution in [0.15, 0.2) is 60.3 Å². The van der Waals surface area contributed by atoms with Crippen molar-refractivity contribution in [2.24, 2.45) is 0 Å². The maximum absolute atomic E-state index is 13.4. The van der Waals surface area contributed by atoms with Gasteiger partial charge in [-0.2, -0.15) is 0 Å². The monoisotopic (exact) mass is 504 g/mol. The fourth-order valence-electron chi connectivity index (χ4n) is 4.51. The summed E-state index contributed by atoms with van der Waals surface area (Å²) in [5, 5.41) is 11.4. The Morgan fingerprint density at radius 1 is 1.00 bits per heavy atom. The molecule has 3 aromatic rings. The Morgan fingerprint density at radius 2 is 1.73 bits per heavy atom. The van der Waals surface area contributed by atoms with Gasteiger partial charge < -0.3 is 33.7 Å². The lowest BCUT2D eigenvalue weighted by atomic mass is 9.94. The van der Waals surface area contributed by atoms with E-state index in [0.717, 1.165) is 0 Å². The number of nitrogens with zero attached hydrogens (tertiary/aromatic N) is 2. The number of carbonyl (C=O) groups excluding carboxylic acids is 2. The molecule has 1 saturated heterocycles. The summed E-state index contributed by atoms with van der Waals surface area (Å²) >= 11 is 0. The molecule has 1 N–H and O–H groups in total. The smallest absolute Gasteiger partial charge is 0.296 e. The van der Waals surface area contributed by atoms with Gasteiger partial charge in [0.15, 0.2) is 23.0 Å². The van der Waals surface area contributed by atoms with Crippen LogP contribution < -0.4 is 23.7 Å². The van der Waals surface area contributed by atoms with Gasteiger partial charge in [0.25, 0.3) is 11.7 Å². The van der Waals surface area contributed by atoms with Crippen LogP contribution in [0.4, 0.5) is 0 Å². The largest absolute Gasteiger partial charge is 0.507 e. The van der Waals surface area contributed by atoms with E-state index < -0.39 is 17.7 Å². The Bertz CT molecular complexity index is 1380. The first-order valence-corrected chi connectivity index (χ1v) is 11.3. The standard InChI is InChI=1S/C27H24N2O8/c1-33-20-11-16(12-21(34-2)26(20)35-3)23-22(24(30)15-7-8-18-19(10-15)37-14-36-18)25(31)27(32)29(23)13-17-6-4-5-9-28-17/h4-12,23,30H,13-14H2,1-3H3/b24-22+. The van der Waals surface area contributed by atoms with Crippen molar-refractivity contribution in [1.29, 1.82) is 0 Å². The van der Waals surface area contributed by atoms with E-state index in [1.807, 2.05) is 0 Å². The van der Waals surface area contributed by atoms with Gasteiger partial charge in [0.2, 0.25) is 12.5 Å². The second-order valence-electron chi connectivity index (χ2n) is 8.27. The normalized spacial score (nSPS) is 17.7. The molecule has 1 aromatic heterocycles. The minimum absolute atomic E-state index is 0.0324. The average molecular weight is 504 g/mol. The number of benzene rings is 2. The third-order valence-corrected chi connectivity index (χ3v) is 6.25. The quantitative estimate of drug-likeness (QED) is 0.293. The van der Waals surface area contributed by atoms with Crippen molar-refractivity contribution >= 4 is 17.4 Å². The molecule has 190 valence electrons. The molecule has 1 amide bonds. The number of hydrogen-bond acceptors (Lipinski definition) is 9. The van der Waals surface area contributed by atoms with E-state index in [2.05, 4.69) is 4.98 Å². The zero-order valence-electron chi connectivity index (χ0n) is 20.4. The summed E-state index contributed by atoms with van der Waals surface area (Å²) in [6, 6.07) is 12.4. The summed E-state index contributed by atoms with van der Waals surface area (Å²) < 4.78 is 27.2. The number of pyridine rings is 1. The first kappa shape index (κ1) is 24.0. The number of methoxy groups -OCH3 is 3. The maximum atomic E-state index is 13.4. The van der Waals surface area contributed by atoms with Crippen molar-refractivity contribution < 1.29 is 38.4 Å². The molecular formula is C27H24N2O8. The molecule has 0 bridgehead atoms. The fourth-order valence-corrected chi connectivity index (χ4v) is 4.51. The van der Waals surface area contributed by atoms with Crippen LogP contribution in [-0.4, -0.2) is 54.8 Å². The van der Waals surface area contributed by atoms with Crippen LogP contribution in [0.3, 0.4) is 0 Å². The SMILES string of the molecule is COc1cc(C2/C(=C(\O)c3ccc4c(c3)OCO4)C(=O)C(=O)N2Cc2ccccn2)cc(OC)c1OC. The Morgan fingerprint density at radius 3 is 2.38 bits per heavy atom. The highest BCUT2D eigenvalue weighted by Crippen LogP contribution is 2.46. The van der Waals surface area contributed by atoms with Crippen molar-refractivity contribution in [2.45, 2.75) is 12.6 Å². The van der Waals surface area contributed by atoms with E-state index >= 15 is 0 Å². The third kappa shape index (κ3) is 4.16. The van der Waals surface area contributed by atoms with Crippen molar-refractivity contribution in [3.05, 3.63) is 77.1 Å². The van der Waals surface area contributed by atoms with Gasteiger partial charge >= 0.3 is 0 Å². The maximum Gasteiger partial charge on any atom is 0.296 e. The molecule has 5 rings (SSSR count). The zero-order valence-corrected chi connectivity index (χ0v) is 20.4. The van der Waals surface area contributed by atoms with Crippen molar-refractivity contribution in [3.8, 4) is 28.7 Å². The molecule has 0 spiro atoms. The van der Waals surface area contributed by atoms with E-state index in [-0.39, 0.29) is 24.7 Å². The fraction of sp³-hybridized carbons (Fsp3) is 0.222. The van der Waals surface area contributed by atoms with Gasteiger partial charge in [-0.05, 0) is 48.0 Å². The Balaban J connectivity index is 1.70. The summed E-state index contributed by atoms with van der Waals surface area (Å²) in [5.74, 6) is 0.0257. The second-order valence-corrected chi connectivity index (χ2v) is 8.27. The number of aliphatic hydroxyl groups excluding tert-OH is 1. The Kier molecular flexibility index (Phi) is 6.31. The molecule has 0 aliphatic carbocycles. The van der Waals surface area contributed by atoms with Crippen LogP contribution in [0.5, 0.6) is 28.7 Å². The molecule has 0 radical (unpaired) electrons. The summed E-state index contributed by atoms with van der Waals surface area (Å²) in [5.41, 5.74) is 1.27. The molecule has 2 aliphatic heterocycles. The average Bonchev–Trinajstić information content (AvgIpc) is 3.50. The van der Waals surface area contributed by atoms with Gasteiger partial charge in [0.05, 0.1) is 45.2 Å². The number of fused-ring (bicyclic) bond motifs is 1. The zero-order chi connectivity index (χ0) is 26.1. The number of rotatable bonds is 7. The third-order valence-electron chi connectivity index (χ3n) is 6.25. The lowest BCUT2D eigenvalue weighted by Crippen LogP contribution is -2.29. The highest BCUT2D eigenvalue weighted by atomic mass is 16.7. The van der Waals surface area contributed by atoms with Gasteiger partial charge in [-0.3, -0.25) is 14.6 Å². The van der Waals surface area contributed by atoms with Crippen molar-refractivity contribution in [2.75, 3.05) is 28.1 Å². The highest BCUT2D eigenvalue weighted by Gasteiger charge is 2.47. The summed E-state index contributed by atoms with van der Waals surface area (Å²) in [6.07, 6.45) is 1.60. The number of carbonyl (C=O) groups is 2. The lowest BCUT2D eigenvalue weighted by molar-refractivity contribution is -0.140. The number of ether oxygens (including phenoxy) is 5. The number of ketones is 1. The molecule has 2 aliphatic rings. The van der Waals surface area contributed by atoms with Gasteiger partial charge in [0, 0.05) is 11.8 Å². The molecule has 2 aromatic carbocycles. The number of hydrogen-bond donors (Lipinski definition) is 1. The van der Waals surface area contributed by atoms with Crippen LogP contribution in [-0.2, 0) is 16.1 Å². The lowest BCUT2D eigenvalue weighted by Gasteiger charge is -2.26. The predicted molar refractivity (Wildman–Crippen MR) is 131 cm³/mol. The second kappa shape index (κ2) is 9.73. The number of amides is 1. The molecule has 10 nitrogen and oxygen atoms in total. The minimum atomic E-state index is -0.971. The molecule has 37 heavy (non-hydrogen) atoms. The minimum Gasteiger partial charge on any atom is -0.507 e. The van der Waals surface area contributed by atoms with Gasteiger partial charge in [0.1, 0.15) is 5.76 Å². The number of aromatic nitrogens is 1. The molecule has 1 atom stereocenters.